The molecule has 2 saturated carbocycles. The van der Waals surface area contributed by atoms with Crippen molar-refractivity contribution in [2.75, 3.05) is 5.32 Å². The van der Waals surface area contributed by atoms with Crippen molar-refractivity contribution in [3.8, 4) is 0 Å². The molecule has 2 N–H and O–H groups in total. The molecule has 1 heterocycles. The Morgan fingerprint density at radius 1 is 1.35 bits per heavy atom. The summed E-state index contributed by atoms with van der Waals surface area (Å²) in [6, 6.07) is 7.66. The average molecular weight is 372 g/mol. The lowest BCUT2D eigenvalue weighted by Crippen LogP contribution is -2.36. The molecule has 2 amide bonds. The number of carbonyl (C=O) groups excluding carboxylic acids is 2. The number of hydrazone groups is 1. The minimum absolute atomic E-state index is 0.0703. The van der Waals surface area contributed by atoms with Crippen LogP contribution >= 0.6 is 11.8 Å². The number of carbonyl (C=O) groups is 2. The number of para-hydroxylation sites is 1. The molecule has 0 spiro atoms. The Labute approximate surface area is 158 Å². The SMILES string of the molecule is CC1(C)[C@@H]2CC[C@@]1(C)/C(=N/NC(=O)C[C@H]1Sc3ccccc3NC1=O)C2. The third kappa shape index (κ3) is 2.66. The fourth-order valence-electron chi connectivity index (χ4n) is 4.67. The fraction of sp³-hybridized carbons (Fsp3) is 0.550. The van der Waals surface area contributed by atoms with Crippen LogP contribution in [0.4, 0.5) is 5.69 Å². The summed E-state index contributed by atoms with van der Waals surface area (Å²) in [5.74, 6) is 0.331. The molecule has 3 atom stereocenters. The second kappa shape index (κ2) is 6.12. The van der Waals surface area contributed by atoms with Crippen LogP contribution in [0.3, 0.4) is 0 Å². The van der Waals surface area contributed by atoms with E-state index in [0.717, 1.165) is 29.1 Å². The van der Waals surface area contributed by atoms with E-state index >= 15 is 0 Å². The number of rotatable bonds is 3. The van der Waals surface area contributed by atoms with Gasteiger partial charge in [0.2, 0.25) is 11.8 Å². The van der Waals surface area contributed by atoms with Gasteiger partial charge in [0.15, 0.2) is 0 Å². The van der Waals surface area contributed by atoms with Crippen LogP contribution in [0.15, 0.2) is 34.3 Å². The second-order valence-corrected chi connectivity index (χ2v) is 9.63. The molecule has 0 aromatic heterocycles. The van der Waals surface area contributed by atoms with Crippen LogP contribution in [0, 0.1) is 16.7 Å². The normalized spacial score (nSPS) is 33.0. The van der Waals surface area contributed by atoms with E-state index in [4.69, 9.17) is 0 Å². The largest absolute Gasteiger partial charge is 0.324 e. The number of hydrogen-bond donors (Lipinski definition) is 2. The van der Waals surface area contributed by atoms with E-state index in [1.807, 2.05) is 24.3 Å². The van der Waals surface area contributed by atoms with Crippen molar-refractivity contribution in [2.45, 2.75) is 56.6 Å². The zero-order chi connectivity index (χ0) is 18.5. The molecule has 0 unspecified atom stereocenters. The first-order valence-electron chi connectivity index (χ1n) is 9.24. The highest BCUT2D eigenvalue weighted by Gasteiger charge is 2.60. The maximum Gasteiger partial charge on any atom is 0.241 e. The molecule has 2 fully saturated rings. The lowest BCUT2D eigenvalue weighted by Gasteiger charge is -2.34. The topological polar surface area (TPSA) is 70.6 Å². The average Bonchev–Trinajstić information content (AvgIpc) is 2.94. The molecular formula is C20H25N3O2S. The number of hydrogen-bond acceptors (Lipinski definition) is 4. The smallest absolute Gasteiger partial charge is 0.241 e. The summed E-state index contributed by atoms with van der Waals surface area (Å²) in [5.41, 5.74) is 4.95. The summed E-state index contributed by atoms with van der Waals surface area (Å²) >= 11 is 1.44. The Bertz CT molecular complexity index is 804. The fourth-order valence-corrected chi connectivity index (χ4v) is 5.78. The molecule has 4 rings (SSSR count). The van der Waals surface area contributed by atoms with Crippen LogP contribution in [-0.4, -0.2) is 22.8 Å². The van der Waals surface area contributed by atoms with Crippen molar-refractivity contribution in [1.29, 1.82) is 0 Å². The standard InChI is InChI=1S/C20H25N3O2S/c1-19(2)12-8-9-20(19,3)16(10-12)22-23-17(24)11-15-18(25)21-13-6-4-5-7-14(13)26-15/h4-7,12,15H,8-11H2,1-3H3,(H,21,25)(H,23,24)/b22-16+/t12-,15-,20+/m1/s1. The van der Waals surface area contributed by atoms with Gasteiger partial charge in [-0.1, -0.05) is 32.9 Å². The van der Waals surface area contributed by atoms with E-state index < -0.39 is 5.25 Å². The first kappa shape index (κ1) is 17.6. The summed E-state index contributed by atoms with van der Waals surface area (Å²) in [6.45, 7) is 6.90. The van der Waals surface area contributed by atoms with Gasteiger partial charge in [-0.2, -0.15) is 5.10 Å². The van der Waals surface area contributed by atoms with E-state index in [0.29, 0.717) is 5.92 Å². The molecule has 1 aromatic rings. The number of nitrogens with zero attached hydrogens (tertiary/aromatic N) is 1. The first-order chi connectivity index (χ1) is 12.3. The molecule has 0 radical (unpaired) electrons. The quantitative estimate of drug-likeness (QED) is 0.794. The van der Waals surface area contributed by atoms with Gasteiger partial charge < -0.3 is 5.32 Å². The van der Waals surface area contributed by atoms with Gasteiger partial charge in [0.1, 0.15) is 0 Å². The summed E-state index contributed by atoms with van der Waals surface area (Å²) < 4.78 is 0. The van der Waals surface area contributed by atoms with Crippen molar-refractivity contribution in [2.24, 2.45) is 21.8 Å². The highest BCUT2D eigenvalue weighted by molar-refractivity contribution is 8.01. The Morgan fingerprint density at radius 3 is 2.81 bits per heavy atom. The van der Waals surface area contributed by atoms with E-state index in [1.54, 1.807) is 0 Å². The molecular weight excluding hydrogens is 346 g/mol. The second-order valence-electron chi connectivity index (χ2n) is 8.38. The Hall–Kier alpha value is -1.82. The van der Waals surface area contributed by atoms with Gasteiger partial charge in [-0.25, -0.2) is 5.43 Å². The maximum absolute atomic E-state index is 12.4. The molecule has 138 valence electrons. The minimum Gasteiger partial charge on any atom is -0.324 e. The highest BCUT2D eigenvalue weighted by Crippen LogP contribution is 2.63. The van der Waals surface area contributed by atoms with Crippen LogP contribution < -0.4 is 10.7 Å². The van der Waals surface area contributed by atoms with Gasteiger partial charge in [0.25, 0.3) is 0 Å². The zero-order valence-electron chi connectivity index (χ0n) is 15.5. The molecule has 0 saturated heterocycles. The van der Waals surface area contributed by atoms with Gasteiger partial charge in [0.05, 0.1) is 10.9 Å². The summed E-state index contributed by atoms with van der Waals surface area (Å²) in [4.78, 5) is 25.6. The number of thioether (sulfide) groups is 1. The lowest BCUT2D eigenvalue weighted by molar-refractivity contribution is -0.124. The summed E-state index contributed by atoms with van der Waals surface area (Å²) in [7, 11) is 0. The number of fused-ring (bicyclic) bond motifs is 3. The highest BCUT2D eigenvalue weighted by atomic mass is 32.2. The molecule has 1 aromatic carbocycles. The van der Waals surface area contributed by atoms with Gasteiger partial charge >= 0.3 is 0 Å². The minimum atomic E-state index is -0.419. The molecule has 2 aliphatic carbocycles. The first-order valence-corrected chi connectivity index (χ1v) is 10.1. The maximum atomic E-state index is 12.4. The van der Waals surface area contributed by atoms with Gasteiger partial charge in [0, 0.05) is 22.4 Å². The van der Waals surface area contributed by atoms with E-state index in [-0.39, 0.29) is 29.1 Å². The van der Waals surface area contributed by atoms with Crippen LogP contribution in [-0.2, 0) is 9.59 Å². The van der Waals surface area contributed by atoms with Gasteiger partial charge in [-0.15, -0.1) is 11.8 Å². The van der Waals surface area contributed by atoms with Crippen LogP contribution in [0.2, 0.25) is 0 Å². The number of nitrogens with one attached hydrogen (secondary N) is 2. The van der Waals surface area contributed by atoms with Crippen LogP contribution in [0.1, 0.15) is 46.5 Å². The lowest BCUT2D eigenvalue weighted by atomic mass is 9.70. The van der Waals surface area contributed by atoms with Crippen molar-refractivity contribution < 1.29 is 9.59 Å². The van der Waals surface area contributed by atoms with Gasteiger partial charge in [-0.05, 0) is 42.7 Å². The van der Waals surface area contributed by atoms with Crippen molar-refractivity contribution in [3.63, 3.8) is 0 Å². The monoisotopic (exact) mass is 371 g/mol. The third-order valence-electron chi connectivity index (χ3n) is 6.91. The predicted octanol–water partition coefficient (Wildman–Crippen LogP) is 3.81. The summed E-state index contributed by atoms with van der Waals surface area (Å²) in [5, 5.41) is 6.94. The summed E-state index contributed by atoms with van der Waals surface area (Å²) in [6.07, 6.45) is 3.48. The van der Waals surface area contributed by atoms with E-state index in [9.17, 15) is 9.59 Å². The molecule has 2 bridgehead atoms. The Kier molecular flexibility index (Phi) is 4.14. The number of amides is 2. The number of benzene rings is 1. The number of anilines is 1. The zero-order valence-corrected chi connectivity index (χ0v) is 16.3. The van der Waals surface area contributed by atoms with E-state index in [1.165, 1.54) is 18.2 Å². The van der Waals surface area contributed by atoms with Crippen molar-refractivity contribution >= 4 is 35.0 Å². The van der Waals surface area contributed by atoms with Crippen LogP contribution in [0.25, 0.3) is 0 Å². The van der Waals surface area contributed by atoms with Crippen molar-refractivity contribution in [3.05, 3.63) is 24.3 Å². The molecule has 26 heavy (non-hydrogen) atoms. The molecule has 5 nitrogen and oxygen atoms in total. The Morgan fingerprint density at radius 2 is 2.12 bits per heavy atom. The van der Waals surface area contributed by atoms with Gasteiger partial charge in [-0.3, -0.25) is 9.59 Å². The van der Waals surface area contributed by atoms with Crippen LogP contribution in [0.5, 0.6) is 0 Å². The molecule has 3 aliphatic rings. The van der Waals surface area contributed by atoms with Crippen molar-refractivity contribution in [1.82, 2.24) is 5.43 Å². The molecule has 1 aliphatic heterocycles. The third-order valence-corrected chi connectivity index (χ3v) is 8.18. The van der Waals surface area contributed by atoms with E-state index in [2.05, 4.69) is 36.6 Å². The Balaban J connectivity index is 1.40. The predicted molar refractivity (Wildman–Crippen MR) is 104 cm³/mol. The molecule has 6 heteroatoms.